The fourth-order valence-electron chi connectivity index (χ4n) is 1.34. The minimum atomic E-state index is -0.340. The maximum absolute atomic E-state index is 11.2. The normalized spacial score (nSPS) is 11.5. The molecule has 0 heterocycles. The quantitative estimate of drug-likeness (QED) is 0.543. The van der Waals surface area contributed by atoms with Gasteiger partial charge in [-0.3, -0.25) is 4.79 Å². The van der Waals surface area contributed by atoms with Gasteiger partial charge in [0.2, 0.25) is 5.24 Å². The van der Waals surface area contributed by atoms with Crippen molar-refractivity contribution in [2.24, 2.45) is 0 Å². The number of rotatable bonds is 5. The molecular formula is C13H15ClO. The molecule has 0 amide bonds. The van der Waals surface area contributed by atoms with E-state index >= 15 is 0 Å². The topological polar surface area (TPSA) is 17.1 Å². The number of carbonyl (C=O) groups excluding carboxylic acids is 1. The first-order valence-corrected chi connectivity index (χ1v) is 5.57. The van der Waals surface area contributed by atoms with Gasteiger partial charge in [0.15, 0.2) is 0 Å². The molecule has 0 aromatic heterocycles. The zero-order valence-electron chi connectivity index (χ0n) is 8.87. The van der Waals surface area contributed by atoms with Gasteiger partial charge < -0.3 is 0 Å². The summed E-state index contributed by atoms with van der Waals surface area (Å²) in [6.45, 7) is 2.10. The number of unbranched alkanes of at least 4 members (excludes halogenated alkanes) is 1. The van der Waals surface area contributed by atoms with Crippen LogP contribution in [-0.4, -0.2) is 5.24 Å². The van der Waals surface area contributed by atoms with E-state index in [0.29, 0.717) is 5.57 Å². The maximum Gasteiger partial charge on any atom is 0.248 e. The number of carbonyl (C=O) groups is 1. The lowest BCUT2D eigenvalue weighted by Crippen LogP contribution is -1.93. The van der Waals surface area contributed by atoms with Crippen molar-refractivity contribution in [3.8, 4) is 0 Å². The molecule has 0 radical (unpaired) electrons. The lowest BCUT2D eigenvalue weighted by Gasteiger charge is -2.01. The molecule has 0 saturated heterocycles. The Hall–Kier alpha value is -1.08. The summed E-state index contributed by atoms with van der Waals surface area (Å²) in [6.07, 6.45) is 4.69. The monoisotopic (exact) mass is 222 g/mol. The van der Waals surface area contributed by atoms with Crippen molar-refractivity contribution in [3.05, 3.63) is 41.5 Å². The summed E-state index contributed by atoms with van der Waals surface area (Å²) < 4.78 is 0. The van der Waals surface area contributed by atoms with Crippen LogP contribution in [0.3, 0.4) is 0 Å². The van der Waals surface area contributed by atoms with Crippen LogP contribution < -0.4 is 0 Å². The first-order chi connectivity index (χ1) is 7.24. The first-order valence-electron chi connectivity index (χ1n) is 5.19. The van der Waals surface area contributed by atoms with Crippen molar-refractivity contribution in [3.63, 3.8) is 0 Å². The van der Waals surface area contributed by atoms with E-state index in [9.17, 15) is 4.79 Å². The highest BCUT2D eigenvalue weighted by Gasteiger charge is 2.05. The molecule has 0 aliphatic rings. The molecule has 1 aromatic carbocycles. The van der Waals surface area contributed by atoms with E-state index < -0.39 is 0 Å². The van der Waals surface area contributed by atoms with Crippen molar-refractivity contribution < 1.29 is 4.79 Å². The van der Waals surface area contributed by atoms with E-state index in [0.717, 1.165) is 24.8 Å². The lowest BCUT2D eigenvalue weighted by atomic mass is 10.1. The van der Waals surface area contributed by atoms with E-state index in [2.05, 4.69) is 6.92 Å². The SMILES string of the molecule is CCCCC(=Cc1ccccc1)C(=O)Cl. The van der Waals surface area contributed by atoms with Crippen molar-refractivity contribution in [2.75, 3.05) is 0 Å². The third kappa shape index (κ3) is 4.30. The highest BCUT2D eigenvalue weighted by Crippen LogP contribution is 2.15. The molecule has 0 saturated carbocycles. The molecule has 1 rings (SSSR count). The van der Waals surface area contributed by atoms with Gasteiger partial charge in [-0.2, -0.15) is 0 Å². The lowest BCUT2D eigenvalue weighted by molar-refractivity contribution is -0.108. The summed E-state index contributed by atoms with van der Waals surface area (Å²) in [5.41, 5.74) is 1.72. The number of hydrogen-bond acceptors (Lipinski definition) is 1. The zero-order valence-corrected chi connectivity index (χ0v) is 9.63. The van der Waals surface area contributed by atoms with Gasteiger partial charge in [0.1, 0.15) is 0 Å². The van der Waals surface area contributed by atoms with Gasteiger partial charge in [-0.25, -0.2) is 0 Å². The Kier molecular flexibility index (Phi) is 5.13. The van der Waals surface area contributed by atoms with Crippen LogP contribution in [-0.2, 0) is 4.79 Å². The predicted molar refractivity (Wildman–Crippen MR) is 64.8 cm³/mol. The molecule has 0 atom stereocenters. The summed E-state index contributed by atoms with van der Waals surface area (Å²) in [7, 11) is 0. The Labute approximate surface area is 95.8 Å². The molecule has 1 aromatic rings. The summed E-state index contributed by atoms with van der Waals surface area (Å²) in [5, 5.41) is -0.340. The summed E-state index contributed by atoms with van der Waals surface area (Å²) >= 11 is 5.52. The third-order valence-corrected chi connectivity index (χ3v) is 2.44. The molecular weight excluding hydrogens is 208 g/mol. The second-order valence-electron chi connectivity index (χ2n) is 3.46. The minimum absolute atomic E-state index is 0.340. The molecule has 0 spiro atoms. The number of hydrogen-bond donors (Lipinski definition) is 0. The van der Waals surface area contributed by atoms with E-state index in [4.69, 9.17) is 11.6 Å². The fraction of sp³-hybridized carbons (Fsp3) is 0.308. The standard InChI is InChI=1S/C13H15ClO/c1-2-3-9-12(13(14)15)10-11-7-5-4-6-8-11/h4-8,10H,2-3,9H2,1H3. The average Bonchev–Trinajstić information content (AvgIpc) is 2.25. The molecule has 80 valence electrons. The fourth-order valence-corrected chi connectivity index (χ4v) is 1.49. The minimum Gasteiger partial charge on any atom is -0.276 e. The molecule has 0 N–H and O–H groups in total. The second kappa shape index (κ2) is 6.41. The van der Waals surface area contributed by atoms with Gasteiger partial charge in [-0.15, -0.1) is 0 Å². The van der Waals surface area contributed by atoms with Gasteiger partial charge in [-0.1, -0.05) is 43.7 Å². The molecule has 0 unspecified atom stereocenters. The van der Waals surface area contributed by atoms with Crippen molar-refractivity contribution in [2.45, 2.75) is 26.2 Å². The first kappa shape index (κ1) is 12.0. The van der Waals surface area contributed by atoms with Crippen LogP contribution in [0, 0.1) is 0 Å². The van der Waals surface area contributed by atoms with E-state index in [1.54, 1.807) is 0 Å². The van der Waals surface area contributed by atoms with Crippen LogP contribution in [0.15, 0.2) is 35.9 Å². The van der Waals surface area contributed by atoms with E-state index in [1.165, 1.54) is 0 Å². The molecule has 0 aliphatic carbocycles. The second-order valence-corrected chi connectivity index (χ2v) is 3.80. The van der Waals surface area contributed by atoms with Crippen molar-refractivity contribution in [1.82, 2.24) is 0 Å². The van der Waals surface area contributed by atoms with Crippen molar-refractivity contribution >= 4 is 22.9 Å². The van der Waals surface area contributed by atoms with Gasteiger partial charge >= 0.3 is 0 Å². The molecule has 15 heavy (non-hydrogen) atoms. The highest BCUT2D eigenvalue weighted by atomic mass is 35.5. The molecule has 2 heteroatoms. The molecule has 0 aliphatic heterocycles. The van der Waals surface area contributed by atoms with Gasteiger partial charge in [0.25, 0.3) is 0 Å². The van der Waals surface area contributed by atoms with Crippen LogP contribution in [0.2, 0.25) is 0 Å². The number of halogens is 1. The largest absolute Gasteiger partial charge is 0.276 e. The summed E-state index contributed by atoms with van der Waals surface area (Å²) in [6, 6.07) is 9.77. The highest BCUT2D eigenvalue weighted by molar-refractivity contribution is 6.68. The Morgan fingerprint density at radius 3 is 2.53 bits per heavy atom. The van der Waals surface area contributed by atoms with E-state index in [-0.39, 0.29) is 5.24 Å². The van der Waals surface area contributed by atoms with Crippen LogP contribution in [0.4, 0.5) is 0 Å². The Bertz CT molecular complexity index is 341. The maximum atomic E-state index is 11.2. The van der Waals surface area contributed by atoms with Crippen LogP contribution in [0.25, 0.3) is 6.08 Å². The zero-order chi connectivity index (χ0) is 11.1. The van der Waals surface area contributed by atoms with Crippen LogP contribution in [0.5, 0.6) is 0 Å². The third-order valence-electron chi connectivity index (χ3n) is 2.19. The van der Waals surface area contributed by atoms with Gasteiger partial charge in [0.05, 0.1) is 0 Å². The van der Waals surface area contributed by atoms with Crippen LogP contribution in [0.1, 0.15) is 31.7 Å². The predicted octanol–water partition coefficient (Wildman–Crippen LogP) is 4.03. The van der Waals surface area contributed by atoms with Gasteiger partial charge in [0, 0.05) is 5.57 Å². The number of allylic oxidation sites excluding steroid dienone is 1. The number of benzene rings is 1. The Balaban J connectivity index is 2.79. The summed E-state index contributed by atoms with van der Waals surface area (Å²) in [5.74, 6) is 0. The summed E-state index contributed by atoms with van der Waals surface area (Å²) in [4.78, 5) is 11.2. The van der Waals surface area contributed by atoms with Gasteiger partial charge in [-0.05, 0) is 36.1 Å². The molecule has 1 nitrogen and oxygen atoms in total. The van der Waals surface area contributed by atoms with Crippen molar-refractivity contribution in [1.29, 1.82) is 0 Å². The molecule has 0 fully saturated rings. The molecule has 0 bridgehead atoms. The Morgan fingerprint density at radius 2 is 2.00 bits per heavy atom. The average molecular weight is 223 g/mol. The Morgan fingerprint density at radius 1 is 1.33 bits per heavy atom. The van der Waals surface area contributed by atoms with E-state index in [1.807, 2.05) is 36.4 Å². The smallest absolute Gasteiger partial charge is 0.248 e. The van der Waals surface area contributed by atoms with Crippen LogP contribution >= 0.6 is 11.6 Å².